The molecule has 0 unspecified atom stereocenters. The third kappa shape index (κ3) is 3.53. The lowest BCUT2D eigenvalue weighted by molar-refractivity contribution is -0.121. The molecule has 2 heterocycles. The summed E-state index contributed by atoms with van der Waals surface area (Å²) in [5.41, 5.74) is 0.654. The number of pyridine rings is 1. The summed E-state index contributed by atoms with van der Waals surface area (Å²) in [5.74, 6) is -0.561. The van der Waals surface area contributed by atoms with E-state index in [-0.39, 0.29) is 29.3 Å². The molecule has 4 rings (SSSR count). The monoisotopic (exact) mass is 375 g/mol. The number of benzene rings is 2. The van der Waals surface area contributed by atoms with E-state index in [9.17, 15) is 14.7 Å². The Morgan fingerprint density at radius 3 is 2.75 bits per heavy atom. The SMILES string of the molecule is O=C(Nc1ncccc1O)[C@H]1CCCN(C(=O)c2cccc3ccccc23)C1. The molecule has 0 aliphatic carbocycles. The number of anilines is 1. The number of aromatic nitrogens is 1. The number of fused-ring (bicyclic) bond motifs is 1. The first-order valence-electron chi connectivity index (χ1n) is 9.35. The highest BCUT2D eigenvalue weighted by molar-refractivity contribution is 6.07. The predicted molar refractivity (Wildman–Crippen MR) is 107 cm³/mol. The maximum atomic E-state index is 13.1. The van der Waals surface area contributed by atoms with Gasteiger partial charge in [0.05, 0.1) is 5.92 Å². The van der Waals surface area contributed by atoms with Gasteiger partial charge in [-0.3, -0.25) is 9.59 Å². The Labute approximate surface area is 162 Å². The van der Waals surface area contributed by atoms with Crippen LogP contribution in [-0.4, -0.2) is 39.9 Å². The second-order valence-electron chi connectivity index (χ2n) is 6.98. The van der Waals surface area contributed by atoms with Gasteiger partial charge in [-0.05, 0) is 41.8 Å². The van der Waals surface area contributed by atoms with Crippen molar-refractivity contribution >= 4 is 28.4 Å². The zero-order valence-corrected chi connectivity index (χ0v) is 15.3. The zero-order chi connectivity index (χ0) is 19.5. The van der Waals surface area contributed by atoms with Crippen molar-refractivity contribution in [3.8, 4) is 5.75 Å². The number of hydrogen-bond donors (Lipinski definition) is 2. The molecular formula is C22H21N3O3. The van der Waals surface area contributed by atoms with Gasteiger partial charge < -0.3 is 15.3 Å². The summed E-state index contributed by atoms with van der Waals surface area (Å²) in [7, 11) is 0. The number of carbonyl (C=O) groups is 2. The molecule has 1 atom stereocenters. The summed E-state index contributed by atoms with van der Waals surface area (Å²) in [6, 6.07) is 16.6. The maximum Gasteiger partial charge on any atom is 0.254 e. The molecule has 0 spiro atoms. The molecular weight excluding hydrogens is 354 g/mol. The van der Waals surface area contributed by atoms with Crippen LogP contribution < -0.4 is 5.32 Å². The number of nitrogens with one attached hydrogen (secondary N) is 1. The number of amides is 2. The first-order valence-corrected chi connectivity index (χ1v) is 9.35. The van der Waals surface area contributed by atoms with Gasteiger partial charge in [-0.25, -0.2) is 4.98 Å². The van der Waals surface area contributed by atoms with Crippen LogP contribution in [0.15, 0.2) is 60.8 Å². The fourth-order valence-corrected chi connectivity index (χ4v) is 3.67. The van der Waals surface area contributed by atoms with Gasteiger partial charge in [0, 0.05) is 24.8 Å². The largest absolute Gasteiger partial charge is 0.504 e. The zero-order valence-electron chi connectivity index (χ0n) is 15.3. The van der Waals surface area contributed by atoms with Crippen molar-refractivity contribution in [1.29, 1.82) is 0 Å². The first-order chi connectivity index (χ1) is 13.6. The van der Waals surface area contributed by atoms with E-state index in [1.807, 2.05) is 42.5 Å². The van der Waals surface area contributed by atoms with Crippen LogP contribution >= 0.6 is 0 Å². The molecule has 2 aromatic carbocycles. The minimum absolute atomic E-state index is 0.0602. The minimum Gasteiger partial charge on any atom is -0.504 e. The molecule has 0 saturated carbocycles. The molecule has 0 bridgehead atoms. The summed E-state index contributed by atoms with van der Waals surface area (Å²) >= 11 is 0. The molecule has 1 aromatic heterocycles. The highest BCUT2D eigenvalue weighted by atomic mass is 16.3. The number of aromatic hydroxyl groups is 1. The topological polar surface area (TPSA) is 82.5 Å². The number of nitrogens with zero attached hydrogens (tertiary/aromatic N) is 2. The van der Waals surface area contributed by atoms with Crippen molar-refractivity contribution in [3.63, 3.8) is 0 Å². The van der Waals surface area contributed by atoms with Crippen molar-refractivity contribution in [2.45, 2.75) is 12.8 Å². The molecule has 142 valence electrons. The quantitative estimate of drug-likeness (QED) is 0.735. The Balaban J connectivity index is 1.51. The third-order valence-corrected chi connectivity index (χ3v) is 5.13. The summed E-state index contributed by atoms with van der Waals surface area (Å²) in [6.07, 6.45) is 2.95. The van der Waals surface area contributed by atoms with Crippen LogP contribution in [0.5, 0.6) is 5.75 Å². The van der Waals surface area contributed by atoms with Crippen molar-refractivity contribution < 1.29 is 14.7 Å². The lowest BCUT2D eigenvalue weighted by Gasteiger charge is -2.32. The molecule has 1 aliphatic rings. The van der Waals surface area contributed by atoms with Gasteiger partial charge in [-0.2, -0.15) is 0 Å². The van der Waals surface area contributed by atoms with Crippen LogP contribution in [0, 0.1) is 5.92 Å². The lowest BCUT2D eigenvalue weighted by atomic mass is 9.95. The van der Waals surface area contributed by atoms with Gasteiger partial charge in [0.1, 0.15) is 0 Å². The van der Waals surface area contributed by atoms with Crippen molar-refractivity contribution in [2.75, 3.05) is 18.4 Å². The van der Waals surface area contributed by atoms with E-state index in [2.05, 4.69) is 10.3 Å². The van der Waals surface area contributed by atoms with Gasteiger partial charge in [-0.15, -0.1) is 0 Å². The van der Waals surface area contributed by atoms with E-state index in [0.717, 1.165) is 17.2 Å². The van der Waals surface area contributed by atoms with E-state index in [1.54, 1.807) is 11.0 Å². The van der Waals surface area contributed by atoms with Gasteiger partial charge in [0.15, 0.2) is 11.6 Å². The second-order valence-corrected chi connectivity index (χ2v) is 6.98. The number of carbonyl (C=O) groups excluding carboxylic acids is 2. The van der Waals surface area contributed by atoms with Crippen molar-refractivity contribution in [2.24, 2.45) is 5.92 Å². The molecule has 6 heteroatoms. The van der Waals surface area contributed by atoms with E-state index < -0.39 is 0 Å². The highest BCUT2D eigenvalue weighted by Gasteiger charge is 2.30. The fourth-order valence-electron chi connectivity index (χ4n) is 3.67. The lowest BCUT2D eigenvalue weighted by Crippen LogP contribution is -2.43. The Bertz CT molecular complexity index is 1030. The Kier molecular flexibility index (Phi) is 4.93. The van der Waals surface area contributed by atoms with Gasteiger partial charge in [-0.1, -0.05) is 36.4 Å². The summed E-state index contributed by atoms with van der Waals surface area (Å²) in [5, 5.41) is 14.4. The average molecular weight is 375 g/mol. The summed E-state index contributed by atoms with van der Waals surface area (Å²) < 4.78 is 0. The highest BCUT2D eigenvalue weighted by Crippen LogP contribution is 2.25. The van der Waals surface area contributed by atoms with E-state index in [4.69, 9.17) is 0 Å². The van der Waals surface area contributed by atoms with Gasteiger partial charge >= 0.3 is 0 Å². The first kappa shape index (κ1) is 18.0. The second kappa shape index (κ2) is 7.68. The maximum absolute atomic E-state index is 13.1. The van der Waals surface area contributed by atoms with E-state index >= 15 is 0 Å². The van der Waals surface area contributed by atoms with Crippen LogP contribution in [0.1, 0.15) is 23.2 Å². The smallest absolute Gasteiger partial charge is 0.254 e. The van der Waals surface area contributed by atoms with E-state index in [1.165, 1.54) is 12.3 Å². The molecule has 28 heavy (non-hydrogen) atoms. The Morgan fingerprint density at radius 2 is 1.89 bits per heavy atom. The molecule has 6 nitrogen and oxygen atoms in total. The molecule has 2 N–H and O–H groups in total. The Hall–Kier alpha value is -3.41. The van der Waals surface area contributed by atoms with Gasteiger partial charge in [0.2, 0.25) is 5.91 Å². The molecule has 1 aliphatic heterocycles. The Morgan fingerprint density at radius 1 is 1.07 bits per heavy atom. The number of rotatable bonds is 3. The predicted octanol–water partition coefficient (Wildman–Crippen LogP) is 3.43. The molecule has 0 radical (unpaired) electrons. The van der Waals surface area contributed by atoms with Crippen LogP contribution in [0.2, 0.25) is 0 Å². The van der Waals surface area contributed by atoms with Crippen molar-refractivity contribution in [3.05, 3.63) is 66.4 Å². The molecule has 1 saturated heterocycles. The van der Waals surface area contributed by atoms with Crippen LogP contribution in [-0.2, 0) is 4.79 Å². The fraction of sp³-hybridized carbons (Fsp3) is 0.227. The minimum atomic E-state index is -0.339. The van der Waals surface area contributed by atoms with Crippen LogP contribution in [0.3, 0.4) is 0 Å². The molecule has 3 aromatic rings. The van der Waals surface area contributed by atoms with Crippen LogP contribution in [0.4, 0.5) is 5.82 Å². The van der Waals surface area contributed by atoms with Crippen molar-refractivity contribution in [1.82, 2.24) is 9.88 Å². The molecule has 2 amide bonds. The van der Waals surface area contributed by atoms with Crippen LogP contribution in [0.25, 0.3) is 10.8 Å². The number of likely N-dealkylation sites (tertiary alicyclic amines) is 1. The average Bonchev–Trinajstić information content (AvgIpc) is 2.74. The van der Waals surface area contributed by atoms with E-state index in [0.29, 0.717) is 25.1 Å². The number of hydrogen-bond acceptors (Lipinski definition) is 4. The van der Waals surface area contributed by atoms with Gasteiger partial charge in [0.25, 0.3) is 5.91 Å². The summed E-state index contributed by atoms with van der Waals surface area (Å²) in [6.45, 7) is 0.974. The summed E-state index contributed by atoms with van der Waals surface area (Å²) in [4.78, 5) is 31.5. The molecule has 1 fully saturated rings. The number of piperidine rings is 1. The normalized spacial score (nSPS) is 16.7. The third-order valence-electron chi connectivity index (χ3n) is 5.13. The standard InChI is InChI=1S/C22H21N3O3/c26-19-11-4-12-23-20(19)24-21(27)16-8-5-13-25(14-16)22(28)18-10-3-7-15-6-1-2-9-17(15)18/h1-4,6-7,9-12,16,26H,5,8,13-14H2,(H,23,24,27)/t16-/m0/s1.